The first-order chi connectivity index (χ1) is 12.6. The van der Waals surface area contributed by atoms with E-state index >= 15 is 0 Å². The molecule has 7 heteroatoms. The van der Waals surface area contributed by atoms with Crippen LogP contribution < -0.4 is 20.7 Å². The van der Waals surface area contributed by atoms with Gasteiger partial charge in [0.1, 0.15) is 5.75 Å². The summed E-state index contributed by atoms with van der Waals surface area (Å²) in [5, 5.41) is 9.27. The zero-order valence-corrected chi connectivity index (χ0v) is 16.5. The van der Waals surface area contributed by atoms with Crippen LogP contribution in [0.15, 0.2) is 58.0 Å². The average Bonchev–Trinajstić information content (AvgIpc) is 2.68. The van der Waals surface area contributed by atoms with Gasteiger partial charge in [-0.25, -0.2) is 0 Å². The zero-order chi connectivity index (χ0) is 18.8. The maximum atomic E-state index is 12.0. The molecule has 0 aliphatic heterocycles. The predicted octanol–water partition coefficient (Wildman–Crippen LogP) is 2.55. The summed E-state index contributed by atoms with van der Waals surface area (Å²) in [6.07, 6.45) is 0. The standard InChI is InChI=1S/C19H23BrN4O2/c1-21-19(24-13-15-5-3-4-6-17(15)26-2)23-12-11-22-18(25)14-7-9-16(20)10-8-14/h3-10H,11-13H2,1-2H3,(H,22,25)(H2,21,23,24). The summed E-state index contributed by atoms with van der Waals surface area (Å²) in [4.78, 5) is 16.2. The third-order valence-electron chi connectivity index (χ3n) is 3.67. The molecule has 2 rings (SSSR count). The van der Waals surface area contributed by atoms with Crippen LogP contribution in [0.5, 0.6) is 5.75 Å². The highest BCUT2D eigenvalue weighted by molar-refractivity contribution is 9.10. The highest BCUT2D eigenvalue weighted by atomic mass is 79.9. The van der Waals surface area contributed by atoms with Crippen LogP contribution >= 0.6 is 15.9 Å². The van der Waals surface area contributed by atoms with Crippen molar-refractivity contribution in [1.82, 2.24) is 16.0 Å². The van der Waals surface area contributed by atoms with E-state index in [9.17, 15) is 4.79 Å². The lowest BCUT2D eigenvalue weighted by Gasteiger charge is -2.14. The van der Waals surface area contributed by atoms with E-state index in [1.54, 1.807) is 26.3 Å². The quantitative estimate of drug-likeness (QED) is 0.367. The van der Waals surface area contributed by atoms with Gasteiger partial charge in [0.25, 0.3) is 5.91 Å². The summed E-state index contributed by atoms with van der Waals surface area (Å²) in [5.41, 5.74) is 1.67. The minimum absolute atomic E-state index is 0.101. The Balaban J connectivity index is 1.73. The Kier molecular flexibility index (Phi) is 7.95. The van der Waals surface area contributed by atoms with Crippen LogP contribution in [0, 0.1) is 0 Å². The number of benzene rings is 2. The molecule has 0 saturated heterocycles. The number of carbonyl (C=O) groups is 1. The Hall–Kier alpha value is -2.54. The fourth-order valence-electron chi connectivity index (χ4n) is 2.31. The number of para-hydroxylation sites is 1. The highest BCUT2D eigenvalue weighted by Crippen LogP contribution is 2.16. The van der Waals surface area contributed by atoms with Crippen LogP contribution in [0.1, 0.15) is 15.9 Å². The maximum Gasteiger partial charge on any atom is 0.251 e. The molecular weight excluding hydrogens is 396 g/mol. The first-order valence-electron chi connectivity index (χ1n) is 8.24. The number of hydrogen-bond acceptors (Lipinski definition) is 3. The van der Waals surface area contributed by atoms with Gasteiger partial charge in [-0.2, -0.15) is 0 Å². The number of amides is 1. The van der Waals surface area contributed by atoms with Crippen molar-refractivity contribution in [2.75, 3.05) is 27.2 Å². The summed E-state index contributed by atoms with van der Waals surface area (Å²) in [5.74, 6) is 1.39. The second-order valence-corrected chi connectivity index (χ2v) is 6.34. The minimum atomic E-state index is -0.101. The number of ether oxygens (including phenoxy) is 1. The van der Waals surface area contributed by atoms with E-state index in [1.165, 1.54) is 0 Å². The number of carbonyl (C=O) groups excluding carboxylic acids is 1. The van der Waals surface area contributed by atoms with Gasteiger partial charge in [0.05, 0.1) is 7.11 Å². The third-order valence-corrected chi connectivity index (χ3v) is 4.20. The van der Waals surface area contributed by atoms with E-state index in [-0.39, 0.29) is 5.91 Å². The van der Waals surface area contributed by atoms with Crippen LogP contribution in [0.2, 0.25) is 0 Å². The lowest BCUT2D eigenvalue weighted by atomic mass is 10.2. The number of halogens is 1. The minimum Gasteiger partial charge on any atom is -0.496 e. The molecule has 0 radical (unpaired) electrons. The smallest absolute Gasteiger partial charge is 0.251 e. The van der Waals surface area contributed by atoms with E-state index < -0.39 is 0 Å². The van der Waals surface area contributed by atoms with Gasteiger partial charge in [-0.3, -0.25) is 9.79 Å². The van der Waals surface area contributed by atoms with Gasteiger partial charge in [0.15, 0.2) is 5.96 Å². The molecule has 0 heterocycles. The Labute approximate surface area is 162 Å². The number of hydrogen-bond donors (Lipinski definition) is 3. The molecule has 0 saturated carbocycles. The number of rotatable bonds is 7. The van der Waals surface area contributed by atoms with Crippen LogP contribution in [-0.2, 0) is 6.54 Å². The van der Waals surface area contributed by atoms with Crippen LogP contribution in [0.3, 0.4) is 0 Å². The lowest BCUT2D eigenvalue weighted by molar-refractivity contribution is 0.0954. The topological polar surface area (TPSA) is 74.8 Å². The van der Waals surface area contributed by atoms with Gasteiger partial charge < -0.3 is 20.7 Å². The van der Waals surface area contributed by atoms with E-state index in [0.717, 1.165) is 15.8 Å². The molecule has 0 aromatic heterocycles. The molecule has 0 spiro atoms. The summed E-state index contributed by atoms with van der Waals surface area (Å²) in [7, 11) is 3.36. The van der Waals surface area contributed by atoms with Gasteiger partial charge in [0, 0.05) is 42.3 Å². The van der Waals surface area contributed by atoms with Gasteiger partial charge in [-0.05, 0) is 30.3 Å². The molecule has 0 unspecified atom stereocenters. The number of aliphatic imine (C=N–C) groups is 1. The highest BCUT2D eigenvalue weighted by Gasteiger charge is 2.05. The van der Waals surface area contributed by atoms with Crippen molar-refractivity contribution < 1.29 is 9.53 Å². The Bertz CT molecular complexity index is 747. The normalized spacial score (nSPS) is 11.0. The molecule has 0 aliphatic rings. The number of nitrogens with one attached hydrogen (secondary N) is 3. The predicted molar refractivity (Wildman–Crippen MR) is 108 cm³/mol. The lowest BCUT2D eigenvalue weighted by Crippen LogP contribution is -2.41. The first kappa shape index (κ1) is 19.8. The van der Waals surface area contributed by atoms with E-state index in [0.29, 0.717) is 31.2 Å². The third kappa shape index (κ3) is 6.07. The molecule has 26 heavy (non-hydrogen) atoms. The monoisotopic (exact) mass is 418 g/mol. The molecule has 1 amide bonds. The number of methoxy groups -OCH3 is 1. The van der Waals surface area contributed by atoms with Gasteiger partial charge >= 0.3 is 0 Å². The van der Waals surface area contributed by atoms with Crippen molar-refractivity contribution in [3.05, 3.63) is 64.1 Å². The molecular formula is C19H23BrN4O2. The van der Waals surface area contributed by atoms with Crippen molar-refractivity contribution in [3.63, 3.8) is 0 Å². The molecule has 0 aliphatic carbocycles. The van der Waals surface area contributed by atoms with Crippen LogP contribution in [-0.4, -0.2) is 39.1 Å². The van der Waals surface area contributed by atoms with E-state index in [1.807, 2.05) is 36.4 Å². The van der Waals surface area contributed by atoms with Crippen molar-refractivity contribution in [2.45, 2.75) is 6.54 Å². The van der Waals surface area contributed by atoms with Crippen molar-refractivity contribution in [2.24, 2.45) is 4.99 Å². The largest absolute Gasteiger partial charge is 0.496 e. The SMILES string of the molecule is CN=C(NCCNC(=O)c1ccc(Br)cc1)NCc1ccccc1OC. The van der Waals surface area contributed by atoms with E-state index in [4.69, 9.17) is 4.74 Å². The fraction of sp³-hybridized carbons (Fsp3) is 0.263. The summed E-state index contributed by atoms with van der Waals surface area (Å²) in [6, 6.07) is 15.1. The molecule has 3 N–H and O–H groups in total. The van der Waals surface area contributed by atoms with Crippen molar-refractivity contribution in [3.8, 4) is 5.75 Å². The molecule has 0 bridgehead atoms. The van der Waals surface area contributed by atoms with Crippen LogP contribution in [0.25, 0.3) is 0 Å². The summed E-state index contributed by atoms with van der Waals surface area (Å²) >= 11 is 3.35. The molecule has 0 fully saturated rings. The average molecular weight is 419 g/mol. The van der Waals surface area contributed by atoms with Gasteiger partial charge in [0.2, 0.25) is 0 Å². The second kappa shape index (κ2) is 10.5. The first-order valence-corrected chi connectivity index (χ1v) is 9.03. The van der Waals surface area contributed by atoms with Crippen molar-refractivity contribution in [1.29, 1.82) is 0 Å². The maximum absolute atomic E-state index is 12.0. The van der Waals surface area contributed by atoms with Gasteiger partial charge in [-0.1, -0.05) is 34.1 Å². The summed E-state index contributed by atoms with van der Waals surface area (Å²) < 4.78 is 6.28. The second-order valence-electron chi connectivity index (χ2n) is 5.43. The summed E-state index contributed by atoms with van der Waals surface area (Å²) in [6.45, 7) is 1.65. The van der Waals surface area contributed by atoms with E-state index in [2.05, 4.69) is 36.9 Å². The molecule has 2 aromatic rings. The molecule has 2 aromatic carbocycles. The van der Waals surface area contributed by atoms with Gasteiger partial charge in [-0.15, -0.1) is 0 Å². The fourth-order valence-corrected chi connectivity index (χ4v) is 2.57. The van der Waals surface area contributed by atoms with Crippen molar-refractivity contribution >= 4 is 27.8 Å². The van der Waals surface area contributed by atoms with Crippen LogP contribution in [0.4, 0.5) is 0 Å². The molecule has 0 atom stereocenters. The number of guanidine groups is 1. The Morgan fingerprint density at radius 3 is 2.42 bits per heavy atom. The molecule has 138 valence electrons. The number of nitrogens with zero attached hydrogens (tertiary/aromatic N) is 1. The zero-order valence-electron chi connectivity index (χ0n) is 14.9. The Morgan fingerprint density at radius 1 is 1.04 bits per heavy atom. The Morgan fingerprint density at radius 2 is 1.73 bits per heavy atom. The molecule has 6 nitrogen and oxygen atoms in total.